The van der Waals surface area contributed by atoms with Crippen LogP contribution in [0.5, 0.6) is 5.75 Å². The predicted octanol–water partition coefficient (Wildman–Crippen LogP) is 5.07. The average Bonchev–Trinajstić information content (AvgIpc) is 2.79. The highest BCUT2D eigenvalue weighted by Gasteiger charge is 2.46. The topological polar surface area (TPSA) is 42.0 Å². The summed E-state index contributed by atoms with van der Waals surface area (Å²) >= 11 is 0. The van der Waals surface area contributed by atoms with Crippen LogP contribution in [0.4, 0.5) is 0 Å². The summed E-state index contributed by atoms with van der Waals surface area (Å²) in [7, 11) is 0. The van der Waals surface area contributed by atoms with Gasteiger partial charge in [0.25, 0.3) is 5.91 Å². The third-order valence-electron chi connectivity index (χ3n) is 7.03. The number of carbonyl (C=O) groups is 1. The number of hydrogen-bond acceptors (Lipinski definition) is 4. The first-order valence-corrected chi connectivity index (χ1v) is 12.2. The Kier molecular flexibility index (Phi) is 6.83. The van der Waals surface area contributed by atoms with Crippen LogP contribution in [0.1, 0.15) is 62.0 Å². The highest BCUT2D eigenvalue weighted by molar-refractivity contribution is 5.94. The molecule has 33 heavy (non-hydrogen) atoms. The van der Waals surface area contributed by atoms with Gasteiger partial charge in [-0.3, -0.25) is 9.69 Å². The molecule has 178 valence electrons. The summed E-state index contributed by atoms with van der Waals surface area (Å²) in [5.74, 6) is 0.942. The Hall–Kier alpha value is -2.37. The van der Waals surface area contributed by atoms with Gasteiger partial charge in [-0.15, -0.1) is 0 Å². The van der Waals surface area contributed by atoms with Crippen LogP contribution in [-0.4, -0.2) is 59.2 Å². The van der Waals surface area contributed by atoms with Crippen molar-refractivity contribution < 1.29 is 14.3 Å². The number of ether oxygens (including phenoxy) is 2. The van der Waals surface area contributed by atoms with Crippen LogP contribution >= 0.6 is 0 Å². The molecule has 0 N–H and O–H groups in total. The summed E-state index contributed by atoms with van der Waals surface area (Å²) in [5, 5.41) is 0. The van der Waals surface area contributed by atoms with E-state index in [9.17, 15) is 4.79 Å². The fourth-order valence-electron chi connectivity index (χ4n) is 4.87. The second-order valence-corrected chi connectivity index (χ2v) is 10.6. The maximum Gasteiger partial charge on any atom is 0.253 e. The van der Waals surface area contributed by atoms with Gasteiger partial charge in [-0.1, -0.05) is 30.3 Å². The molecule has 5 nitrogen and oxygen atoms in total. The molecule has 0 unspecified atom stereocenters. The van der Waals surface area contributed by atoms with E-state index in [1.165, 1.54) is 5.56 Å². The van der Waals surface area contributed by atoms with Crippen LogP contribution in [0.3, 0.4) is 0 Å². The molecule has 4 rings (SSSR count). The number of aryl methyl sites for hydroxylation is 1. The molecule has 2 heterocycles. The number of hydrogen-bond donors (Lipinski definition) is 0. The minimum absolute atomic E-state index is 0.00856. The van der Waals surface area contributed by atoms with E-state index in [0.717, 1.165) is 55.9 Å². The third kappa shape index (κ3) is 5.42. The van der Waals surface area contributed by atoms with Gasteiger partial charge < -0.3 is 14.4 Å². The van der Waals surface area contributed by atoms with Crippen LogP contribution in [0.25, 0.3) is 0 Å². The highest BCUT2D eigenvalue weighted by atomic mass is 16.5. The highest BCUT2D eigenvalue weighted by Crippen LogP contribution is 2.36. The van der Waals surface area contributed by atoms with Gasteiger partial charge in [0, 0.05) is 37.3 Å². The number of piperidine rings is 1. The Labute approximate surface area is 198 Å². The van der Waals surface area contributed by atoms with Gasteiger partial charge >= 0.3 is 0 Å². The number of likely N-dealkylation sites (tertiary alicyclic amines) is 1. The Morgan fingerprint density at radius 3 is 2.42 bits per heavy atom. The van der Waals surface area contributed by atoms with Crippen LogP contribution < -0.4 is 4.74 Å². The Morgan fingerprint density at radius 2 is 1.79 bits per heavy atom. The molecule has 0 aromatic heterocycles. The molecule has 0 radical (unpaired) electrons. The SMILES string of the molecule is Cc1cc(C(=O)N2CCC3(CC2)CN(Cc2ccccc2)C(C)(C)CO3)ccc1OC(C)C. The van der Waals surface area contributed by atoms with E-state index >= 15 is 0 Å². The van der Waals surface area contributed by atoms with Crippen LogP contribution in [0.15, 0.2) is 48.5 Å². The molecule has 0 bridgehead atoms. The zero-order valence-electron chi connectivity index (χ0n) is 20.8. The summed E-state index contributed by atoms with van der Waals surface area (Å²) in [5.41, 5.74) is 2.88. The predicted molar refractivity (Wildman–Crippen MR) is 132 cm³/mol. The van der Waals surface area contributed by atoms with E-state index < -0.39 is 0 Å². The number of morpholine rings is 1. The normalized spacial score (nSPS) is 20.2. The summed E-state index contributed by atoms with van der Waals surface area (Å²) in [4.78, 5) is 17.7. The second kappa shape index (κ2) is 9.47. The number of carbonyl (C=O) groups excluding carboxylic acids is 1. The lowest BCUT2D eigenvalue weighted by molar-refractivity contribution is -0.179. The summed E-state index contributed by atoms with van der Waals surface area (Å²) in [6, 6.07) is 16.4. The van der Waals surface area contributed by atoms with Crippen molar-refractivity contribution in [3.05, 3.63) is 65.2 Å². The molecule has 0 aliphatic carbocycles. The van der Waals surface area contributed by atoms with Crippen molar-refractivity contribution >= 4 is 5.91 Å². The van der Waals surface area contributed by atoms with Crippen molar-refractivity contribution in [2.75, 3.05) is 26.2 Å². The fraction of sp³-hybridized carbons (Fsp3) is 0.536. The lowest BCUT2D eigenvalue weighted by Gasteiger charge is -2.53. The molecule has 2 aliphatic rings. The molecule has 2 aromatic rings. The molecule has 2 saturated heterocycles. The Morgan fingerprint density at radius 1 is 1.09 bits per heavy atom. The minimum atomic E-state index is -0.175. The van der Waals surface area contributed by atoms with Gasteiger partial charge in [0.2, 0.25) is 0 Å². The first-order valence-electron chi connectivity index (χ1n) is 12.2. The lowest BCUT2D eigenvalue weighted by atomic mass is 9.85. The van der Waals surface area contributed by atoms with Crippen molar-refractivity contribution in [3.8, 4) is 5.75 Å². The first-order chi connectivity index (χ1) is 15.7. The molecule has 5 heteroatoms. The largest absolute Gasteiger partial charge is 0.491 e. The third-order valence-corrected chi connectivity index (χ3v) is 7.03. The van der Waals surface area contributed by atoms with Crippen molar-refractivity contribution in [1.82, 2.24) is 9.80 Å². The first kappa shape index (κ1) is 23.8. The Balaban J connectivity index is 1.40. The maximum absolute atomic E-state index is 13.2. The Bertz CT molecular complexity index is 962. The van der Waals surface area contributed by atoms with Gasteiger partial charge in [0.05, 0.1) is 18.3 Å². The van der Waals surface area contributed by atoms with Crippen LogP contribution in [-0.2, 0) is 11.3 Å². The lowest BCUT2D eigenvalue weighted by Crippen LogP contribution is -2.63. The smallest absolute Gasteiger partial charge is 0.253 e. The number of rotatable bonds is 5. The van der Waals surface area contributed by atoms with Gasteiger partial charge in [0.1, 0.15) is 5.75 Å². The van der Waals surface area contributed by atoms with Crippen LogP contribution in [0.2, 0.25) is 0 Å². The maximum atomic E-state index is 13.2. The minimum Gasteiger partial charge on any atom is -0.491 e. The summed E-state index contributed by atoms with van der Waals surface area (Å²) in [6.45, 7) is 14.5. The van der Waals surface area contributed by atoms with E-state index in [1.807, 2.05) is 43.9 Å². The van der Waals surface area contributed by atoms with Gasteiger partial charge in [-0.2, -0.15) is 0 Å². The van der Waals surface area contributed by atoms with Gasteiger partial charge in [-0.05, 0) is 76.8 Å². The van der Waals surface area contributed by atoms with Gasteiger partial charge in [0.15, 0.2) is 0 Å². The van der Waals surface area contributed by atoms with E-state index in [-0.39, 0.29) is 23.2 Å². The molecule has 2 aromatic carbocycles. The second-order valence-electron chi connectivity index (χ2n) is 10.6. The van der Waals surface area contributed by atoms with E-state index in [4.69, 9.17) is 9.47 Å². The molecule has 1 amide bonds. The van der Waals surface area contributed by atoms with Gasteiger partial charge in [-0.25, -0.2) is 0 Å². The van der Waals surface area contributed by atoms with E-state index in [0.29, 0.717) is 6.61 Å². The number of nitrogens with zero attached hydrogens (tertiary/aromatic N) is 2. The van der Waals surface area contributed by atoms with Crippen molar-refractivity contribution in [2.24, 2.45) is 0 Å². The average molecular weight is 451 g/mol. The van der Waals surface area contributed by atoms with Crippen molar-refractivity contribution in [3.63, 3.8) is 0 Å². The summed E-state index contributed by atoms with van der Waals surface area (Å²) < 4.78 is 12.3. The molecule has 0 atom stereocenters. The van der Waals surface area contributed by atoms with Crippen molar-refractivity contribution in [2.45, 2.75) is 71.2 Å². The zero-order valence-corrected chi connectivity index (χ0v) is 20.8. The van der Waals surface area contributed by atoms with Crippen molar-refractivity contribution in [1.29, 1.82) is 0 Å². The number of benzene rings is 2. The monoisotopic (exact) mass is 450 g/mol. The summed E-state index contributed by atoms with van der Waals surface area (Å²) in [6.07, 6.45) is 1.85. The molecule has 1 spiro atoms. The zero-order chi connectivity index (χ0) is 23.6. The fourth-order valence-corrected chi connectivity index (χ4v) is 4.87. The van der Waals surface area contributed by atoms with E-state index in [2.05, 4.69) is 49.1 Å². The molecule has 0 saturated carbocycles. The molecule has 2 aliphatic heterocycles. The van der Waals surface area contributed by atoms with E-state index in [1.54, 1.807) is 0 Å². The molecular formula is C28H38N2O3. The number of amides is 1. The molecule has 2 fully saturated rings. The molecular weight excluding hydrogens is 412 g/mol. The standard InChI is InChI=1S/C28H38N2O3/c1-21(2)33-25-12-11-24(17-22(25)3)26(31)29-15-13-28(14-16-29)19-30(27(4,5)20-32-28)18-23-9-7-6-8-10-23/h6-12,17,21H,13-16,18-20H2,1-5H3. The van der Waals surface area contributed by atoms with Crippen LogP contribution in [0, 0.1) is 6.92 Å². The quantitative estimate of drug-likeness (QED) is 0.638.